The topological polar surface area (TPSA) is 61.4 Å². The average Bonchev–Trinajstić information content (AvgIpc) is 3.18. The molecule has 5 nitrogen and oxygen atoms in total. The SMILES string of the molecule is O=C(NC1CCNC1)C1CCCN1C(=O)c1ccc(Br)cc1. The van der Waals surface area contributed by atoms with Crippen LogP contribution in [0.3, 0.4) is 0 Å². The van der Waals surface area contributed by atoms with Crippen molar-refractivity contribution in [2.75, 3.05) is 19.6 Å². The van der Waals surface area contributed by atoms with Gasteiger partial charge in [-0.2, -0.15) is 0 Å². The molecular formula is C16H20BrN3O2. The zero-order chi connectivity index (χ0) is 15.5. The molecule has 1 aromatic rings. The second kappa shape index (κ2) is 6.79. The lowest BCUT2D eigenvalue weighted by molar-refractivity contribution is -0.125. The maximum absolute atomic E-state index is 12.6. The molecule has 2 aliphatic heterocycles. The fourth-order valence-electron chi connectivity index (χ4n) is 3.12. The quantitative estimate of drug-likeness (QED) is 0.853. The van der Waals surface area contributed by atoms with Crippen molar-refractivity contribution in [2.24, 2.45) is 0 Å². The zero-order valence-electron chi connectivity index (χ0n) is 12.3. The predicted molar refractivity (Wildman–Crippen MR) is 87.6 cm³/mol. The molecule has 2 unspecified atom stereocenters. The van der Waals surface area contributed by atoms with Crippen LogP contribution in [0.5, 0.6) is 0 Å². The van der Waals surface area contributed by atoms with E-state index in [1.807, 2.05) is 12.1 Å². The number of nitrogens with one attached hydrogen (secondary N) is 2. The molecule has 0 aliphatic carbocycles. The van der Waals surface area contributed by atoms with Gasteiger partial charge < -0.3 is 15.5 Å². The average molecular weight is 366 g/mol. The van der Waals surface area contributed by atoms with Gasteiger partial charge in [0.05, 0.1) is 0 Å². The third-order valence-electron chi connectivity index (χ3n) is 4.31. The van der Waals surface area contributed by atoms with Crippen molar-refractivity contribution in [3.8, 4) is 0 Å². The Labute approximate surface area is 138 Å². The summed E-state index contributed by atoms with van der Waals surface area (Å²) in [7, 11) is 0. The third kappa shape index (κ3) is 3.33. The lowest BCUT2D eigenvalue weighted by Gasteiger charge is -2.25. The molecule has 0 aromatic heterocycles. The minimum atomic E-state index is -0.336. The van der Waals surface area contributed by atoms with Crippen LogP contribution in [0.4, 0.5) is 0 Å². The van der Waals surface area contributed by atoms with Crippen molar-refractivity contribution in [3.63, 3.8) is 0 Å². The first kappa shape index (κ1) is 15.5. The monoisotopic (exact) mass is 365 g/mol. The minimum Gasteiger partial charge on any atom is -0.350 e. The number of nitrogens with zero attached hydrogens (tertiary/aromatic N) is 1. The van der Waals surface area contributed by atoms with Gasteiger partial charge in [0.2, 0.25) is 5.91 Å². The van der Waals surface area contributed by atoms with Gasteiger partial charge >= 0.3 is 0 Å². The first-order chi connectivity index (χ1) is 10.6. The summed E-state index contributed by atoms with van der Waals surface area (Å²) in [5.41, 5.74) is 0.630. The molecule has 0 saturated carbocycles. The lowest BCUT2D eigenvalue weighted by Crippen LogP contribution is -2.49. The summed E-state index contributed by atoms with van der Waals surface area (Å²) in [4.78, 5) is 26.8. The van der Waals surface area contributed by atoms with Crippen molar-refractivity contribution in [1.29, 1.82) is 0 Å². The van der Waals surface area contributed by atoms with Crippen LogP contribution >= 0.6 is 15.9 Å². The Kier molecular flexibility index (Phi) is 4.78. The number of carbonyl (C=O) groups excluding carboxylic acids is 2. The smallest absolute Gasteiger partial charge is 0.254 e. The van der Waals surface area contributed by atoms with Crippen molar-refractivity contribution >= 4 is 27.7 Å². The van der Waals surface area contributed by atoms with E-state index in [1.165, 1.54) is 0 Å². The molecular weight excluding hydrogens is 346 g/mol. The summed E-state index contributed by atoms with van der Waals surface area (Å²) in [5, 5.41) is 6.30. The number of hydrogen-bond acceptors (Lipinski definition) is 3. The Bertz CT molecular complexity index is 555. The highest BCUT2D eigenvalue weighted by Gasteiger charge is 2.35. The summed E-state index contributed by atoms with van der Waals surface area (Å²) in [6, 6.07) is 7.14. The standard InChI is InChI=1S/C16H20BrN3O2/c17-12-5-3-11(4-6-12)16(22)20-9-1-2-14(20)15(21)19-13-7-8-18-10-13/h3-6,13-14,18H,1-2,7-10H2,(H,19,21). The molecule has 0 bridgehead atoms. The fourth-order valence-corrected chi connectivity index (χ4v) is 3.38. The minimum absolute atomic E-state index is 0.0170. The van der Waals surface area contributed by atoms with E-state index < -0.39 is 0 Å². The molecule has 2 heterocycles. The number of benzene rings is 1. The molecule has 2 atom stereocenters. The first-order valence-electron chi connectivity index (χ1n) is 7.73. The maximum atomic E-state index is 12.6. The number of hydrogen-bond donors (Lipinski definition) is 2. The van der Waals surface area contributed by atoms with Gasteiger partial charge in [-0.3, -0.25) is 9.59 Å². The second-order valence-corrected chi connectivity index (χ2v) is 6.78. The molecule has 6 heteroatoms. The third-order valence-corrected chi connectivity index (χ3v) is 4.84. The summed E-state index contributed by atoms with van der Waals surface area (Å²) >= 11 is 3.37. The maximum Gasteiger partial charge on any atom is 0.254 e. The normalized spacial score (nSPS) is 24.5. The molecule has 2 saturated heterocycles. The Balaban J connectivity index is 1.67. The van der Waals surface area contributed by atoms with Gasteiger partial charge in [-0.25, -0.2) is 0 Å². The summed E-state index contributed by atoms with van der Waals surface area (Å²) in [6.45, 7) is 2.41. The van der Waals surface area contributed by atoms with Crippen LogP contribution in [0, 0.1) is 0 Å². The van der Waals surface area contributed by atoms with Crippen LogP contribution in [0.1, 0.15) is 29.6 Å². The predicted octanol–water partition coefficient (Wildman–Crippen LogP) is 1.53. The fraction of sp³-hybridized carbons (Fsp3) is 0.500. The lowest BCUT2D eigenvalue weighted by atomic mass is 10.1. The summed E-state index contributed by atoms with van der Waals surface area (Å²) in [6.07, 6.45) is 2.58. The van der Waals surface area contributed by atoms with Gasteiger partial charge in [-0.15, -0.1) is 0 Å². The Hall–Kier alpha value is -1.40. The molecule has 2 fully saturated rings. The van der Waals surface area contributed by atoms with Gasteiger partial charge in [0.15, 0.2) is 0 Å². The van der Waals surface area contributed by atoms with Gasteiger partial charge in [-0.05, 0) is 50.1 Å². The van der Waals surface area contributed by atoms with Gasteiger partial charge in [0, 0.05) is 29.2 Å². The van der Waals surface area contributed by atoms with Crippen molar-refractivity contribution in [2.45, 2.75) is 31.3 Å². The molecule has 118 valence electrons. The second-order valence-electron chi connectivity index (χ2n) is 5.86. The van der Waals surface area contributed by atoms with Crippen LogP contribution < -0.4 is 10.6 Å². The number of carbonyl (C=O) groups is 2. The molecule has 22 heavy (non-hydrogen) atoms. The summed E-state index contributed by atoms with van der Waals surface area (Å²) in [5.74, 6) is -0.0774. The van der Waals surface area contributed by atoms with Crippen LogP contribution in [0.2, 0.25) is 0 Å². The van der Waals surface area contributed by atoms with E-state index in [0.717, 1.165) is 36.8 Å². The highest BCUT2D eigenvalue weighted by molar-refractivity contribution is 9.10. The zero-order valence-corrected chi connectivity index (χ0v) is 13.9. The molecule has 0 spiro atoms. The van der Waals surface area contributed by atoms with Crippen molar-refractivity contribution in [3.05, 3.63) is 34.3 Å². The van der Waals surface area contributed by atoms with E-state index >= 15 is 0 Å². The van der Waals surface area contributed by atoms with E-state index in [2.05, 4.69) is 26.6 Å². The highest BCUT2D eigenvalue weighted by Crippen LogP contribution is 2.21. The van der Waals surface area contributed by atoms with Crippen LogP contribution in [-0.2, 0) is 4.79 Å². The van der Waals surface area contributed by atoms with Crippen LogP contribution in [-0.4, -0.2) is 48.4 Å². The van der Waals surface area contributed by atoms with Crippen molar-refractivity contribution in [1.82, 2.24) is 15.5 Å². The molecule has 0 radical (unpaired) electrons. The van der Waals surface area contributed by atoms with Gasteiger partial charge in [-0.1, -0.05) is 15.9 Å². The van der Waals surface area contributed by atoms with E-state index in [-0.39, 0.29) is 23.9 Å². The highest BCUT2D eigenvalue weighted by atomic mass is 79.9. The Morgan fingerprint density at radius 1 is 1.23 bits per heavy atom. The molecule has 1 aromatic carbocycles. The van der Waals surface area contributed by atoms with Crippen molar-refractivity contribution < 1.29 is 9.59 Å². The first-order valence-corrected chi connectivity index (χ1v) is 8.52. The molecule has 3 rings (SSSR count). The number of rotatable bonds is 3. The molecule has 2 amide bonds. The van der Waals surface area contributed by atoms with Crippen LogP contribution in [0.25, 0.3) is 0 Å². The Morgan fingerprint density at radius 2 is 2.00 bits per heavy atom. The number of amides is 2. The summed E-state index contributed by atoms with van der Waals surface area (Å²) < 4.78 is 0.938. The van der Waals surface area contributed by atoms with E-state index in [4.69, 9.17) is 0 Å². The van der Waals surface area contributed by atoms with Crippen LogP contribution in [0.15, 0.2) is 28.7 Å². The van der Waals surface area contributed by atoms with Gasteiger partial charge in [0.25, 0.3) is 5.91 Å². The van der Waals surface area contributed by atoms with E-state index in [0.29, 0.717) is 12.1 Å². The van der Waals surface area contributed by atoms with Gasteiger partial charge in [0.1, 0.15) is 6.04 Å². The molecule has 2 N–H and O–H groups in total. The molecule has 2 aliphatic rings. The van der Waals surface area contributed by atoms with E-state index in [9.17, 15) is 9.59 Å². The number of likely N-dealkylation sites (tertiary alicyclic amines) is 1. The van der Waals surface area contributed by atoms with E-state index in [1.54, 1.807) is 17.0 Å². The largest absolute Gasteiger partial charge is 0.350 e. The number of halogens is 1. The Morgan fingerprint density at radius 3 is 2.68 bits per heavy atom.